The van der Waals surface area contributed by atoms with Gasteiger partial charge in [0.25, 0.3) is 0 Å². The van der Waals surface area contributed by atoms with E-state index < -0.39 is 0 Å². The van der Waals surface area contributed by atoms with Gasteiger partial charge in [0.05, 0.1) is 18.2 Å². The van der Waals surface area contributed by atoms with Crippen LogP contribution in [0.25, 0.3) is 0 Å². The van der Waals surface area contributed by atoms with Crippen molar-refractivity contribution in [1.82, 2.24) is 5.32 Å². The first kappa shape index (κ1) is 17.1. The van der Waals surface area contributed by atoms with Gasteiger partial charge < -0.3 is 19.9 Å². The Labute approximate surface area is 126 Å². The van der Waals surface area contributed by atoms with E-state index in [1.807, 2.05) is 26.0 Å². The zero-order valence-electron chi connectivity index (χ0n) is 12.4. The molecule has 0 bridgehead atoms. The van der Waals surface area contributed by atoms with Crippen molar-refractivity contribution in [3.05, 3.63) is 22.7 Å². The number of unbranched alkanes of at least 4 members (excludes halogenated alkanes) is 1. The van der Waals surface area contributed by atoms with Crippen LogP contribution in [0.4, 0.5) is 0 Å². The third-order valence-corrected chi connectivity index (χ3v) is 3.01. The first-order valence-electron chi connectivity index (χ1n) is 6.93. The van der Waals surface area contributed by atoms with E-state index in [0.717, 1.165) is 24.9 Å². The zero-order chi connectivity index (χ0) is 15.0. The fourth-order valence-electron chi connectivity index (χ4n) is 1.82. The van der Waals surface area contributed by atoms with Crippen molar-refractivity contribution in [3.63, 3.8) is 0 Å². The van der Waals surface area contributed by atoms with Crippen LogP contribution in [0.5, 0.6) is 11.5 Å². The molecule has 0 saturated carbocycles. The largest absolute Gasteiger partial charge is 0.493 e. The van der Waals surface area contributed by atoms with E-state index >= 15 is 0 Å². The van der Waals surface area contributed by atoms with E-state index in [4.69, 9.17) is 26.2 Å². The van der Waals surface area contributed by atoms with Crippen LogP contribution in [0.1, 0.15) is 32.3 Å². The number of halogens is 1. The Morgan fingerprint density at radius 3 is 2.65 bits per heavy atom. The Balaban J connectivity index is 2.67. The zero-order valence-corrected chi connectivity index (χ0v) is 13.2. The average molecular weight is 302 g/mol. The van der Waals surface area contributed by atoms with Crippen molar-refractivity contribution in [1.29, 1.82) is 0 Å². The van der Waals surface area contributed by atoms with E-state index in [1.54, 1.807) is 7.11 Å². The lowest BCUT2D eigenvalue weighted by Crippen LogP contribution is -2.15. The van der Waals surface area contributed by atoms with Gasteiger partial charge in [-0.25, -0.2) is 0 Å². The van der Waals surface area contributed by atoms with Gasteiger partial charge in [0.15, 0.2) is 11.5 Å². The van der Waals surface area contributed by atoms with Crippen LogP contribution in [0.2, 0.25) is 5.02 Å². The van der Waals surface area contributed by atoms with E-state index in [0.29, 0.717) is 23.1 Å². The van der Waals surface area contributed by atoms with Crippen LogP contribution < -0.4 is 14.8 Å². The molecule has 0 heterocycles. The second-order valence-electron chi connectivity index (χ2n) is 4.88. The molecule has 0 atom stereocenters. The van der Waals surface area contributed by atoms with Gasteiger partial charge in [0.2, 0.25) is 0 Å². The average Bonchev–Trinajstić information content (AvgIpc) is 2.40. The molecule has 114 valence electrons. The second kappa shape index (κ2) is 9.06. The van der Waals surface area contributed by atoms with E-state index in [1.165, 1.54) is 0 Å². The van der Waals surface area contributed by atoms with Crippen molar-refractivity contribution in [2.75, 3.05) is 20.3 Å². The minimum absolute atomic E-state index is 0.0452. The molecule has 0 amide bonds. The summed E-state index contributed by atoms with van der Waals surface area (Å²) in [6.45, 7) is 5.72. The van der Waals surface area contributed by atoms with E-state index in [9.17, 15) is 0 Å². The molecule has 20 heavy (non-hydrogen) atoms. The summed E-state index contributed by atoms with van der Waals surface area (Å²) in [5.74, 6) is 1.24. The standard InChI is InChI=1S/C15H24ClNO3/c1-11(2)20-15-13(16)8-12(9-14(15)19-3)10-17-6-4-5-7-18/h8-9,11,17-18H,4-7,10H2,1-3H3. The summed E-state index contributed by atoms with van der Waals surface area (Å²) in [6.07, 6.45) is 1.82. The number of hydrogen-bond acceptors (Lipinski definition) is 4. The lowest BCUT2D eigenvalue weighted by atomic mass is 10.2. The monoisotopic (exact) mass is 301 g/mol. The van der Waals surface area contributed by atoms with E-state index in [-0.39, 0.29) is 12.7 Å². The topological polar surface area (TPSA) is 50.7 Å². The number of rotatable bonds is 9. The highest BCUT2D eigenvalue weighted by Gasteiger charge is 2.13. The summed E-state index contributed by atoms with van der Waals surface area (Å²) in [4.78, 5) is 0. The molecule has 0 spiro atoms. The highest BCUT2D eigenvalue weighted by molar-refractivity contribution is 6.32. The minimum atomic E-state index is 0.0452. The first-order valence-corrected chi connectivity index (χ1v) is 7.31. The van der Waals surface area contributed by atoms with E-state index in [2.05, 4.69) is 5.32 Å². The molecule has 0 aliphatic rings. The minimum Gasteiger partial charge on any atom is -0.493 e. The molecule has 1 aromatic carbocycles. The van der Waals surface area contributed by atoms with Crippen LogP contribution in [-0.2, 0) is 6.54 Å². The molecule has 4 nitrogen and oxygen atoms in total. The maximum Gasteiger partial charge on any atom is 0.180 e. The van der Waals surface area contributed by atoms with Gasteiger partial charge in [-0.15, -0.1) is 0 Å². The lowest BCUT2D eigenvalue weighted by molar-refractivity contribution is 0.230. The molecule has 0 aliphatic carbocycles. The molecule has 2 N–H and O–H groups in total. The third kappa shape index (κ3) is 5.57. The molecule has 5 heteroatoms. The number of ether oxygens (including phenoxy) is 2. The lowest BCUT2D eigenvalue weighted by Gasteiger charge is -2.16. The number of benzene rings is 1. The Kier molecular flexibility index (Phi) is 7.73. The van der Waals surface area contributed by atoms with Crippen molar-refractivity contribution in [2.45, 2.75) is 39.3 Å². The van der Waals surface area contributed by atoms with Crippen LogP contribution in [-0.4, -0.2) is 31.5 Å². The Morgan fingerprint density at radius 1 is 1.30 bits per heavy atom. The van der Waals surface area contributed by atoms with Gasteiger partial charge in [-0.2, -0.15) is 0 Å². The van der Waals surface area contributed by atoms with Gasteiger partial charge >= 0.3 is 0 Å². The van der Waals surface area contributed by atoms with Gasteiger partial charge in [0.1, 0.15) is 0 Å². The predicted molar refractivity (Wildman–Crippen MR) is 81.8 cm³/mol. The smallest absolute Gasteiger partial charge is 0.180 e. The van der Waals surface area contributed by atoms with Gasteiger partial charge in [-0.1, -0.05) is 11.6 Å². The Morgan fingerprint density at radius 2 is 2.05 bits per heavy atom. The van der Waals surface area contributed by atoms with Crippen LogP contribution in [0, 0.1) is 0 Å². The third-order valence-electron chi connectivity index (χ3n) is 2.73. The summed E-state index contributed by atoms with van der Waals surface area (Å²) < 4.78 is 11.0. The molecule has 0 radical (unpaired) electrons. The summed E-state index contributed by atoms with van der Waals surface area (Å²) in [6, 6.07) is 3.82. The SMILES string of the molecule is COc1cc(CNCCCCO)cc(Cl)c1OC(C)C. The van der Waals surface area contributed by atoms with Crippen LogP contribution in [0.15, 0.2) is 12.1 Å². The van der Waals surface area contributed by atoms with Crippen molar-refractivity contribution < 1.29 is 14.6 Å². The summed E-state index contributed by atoms with van der Waals surface area (Å²) >= 11 is 6.25. The Hall–Kier alpha value is -0.970. The van der Waals surface area contributed by atoms with Crippen molar-refractivity contribution in [2.24, 2.45) is 0 Å². The molecule has 1 rings (SSSR count). The maximum absolute atomic E-state index is 8.71. The summed E-state index contributed by atoms with van der Waals surface area (Å²) in [5, 5.41) is 12.6. The van der Waals surface area contributed by atoms with Crippen molar-refractivity contribution >= 4 is 11.6 Å². The van der Waals surface area contributed by atoms with Crippen molar-refractivity contribution in [3.8, 4) is 11.5 Å². The molecule has 0 unspecified atom stereocenters. The van der Waals surface area contributed by atoms with Gasteiger partial charge in [0, 0.05) is 13.2 Å². The van der Waals surface area contributed by atoms with Crippen LogP contribution >= 0.6 is 11.6 Å². The highest BCUT2D eigenvalue weighted by Crippen LogP contribution is 2.37. The summed E-state index contributed by atoms with van der Waals surface area (Å²) in [7, 11) is 1.61. The molecule has 0 aliphatic heterocycles. The van der Waals surface area contributed by atoms with Gasteiger partial charge in [-0.05, 0) is 50.9 Å². The molecule has 0 aromatic heterocycles. The fraction of sp³-hybridized carbons (Fsp3) is 0.600. The number of aliphatic hydroxyl groups is 1. The fourth-order valence-corrected chi connectivity index (χ4v) is 2.10. The second-order valence-corrected chi connectivity index (χ2v) is 5.29. The Bertz CT molecular complexity index is 410. The van der Waals surface area contributed by atoms with Gasteiger partial charge in [-0.3, -0.25) is 0 Å². The number of nitrogens with one attached hydrogen (secondary N) is 1. The summed E-state index contributed by atoms with van der Waals surface area (Å²) in [5.41, 5.74) is 1.05. The first-order chi connectivity index (χ1) is 9.58. The molecule has 0 saturated heterocycles. The molecular weight excluding hydrogens is 278 g/mol. The molecule has 1 aromatic rings. The quantitative estimate of drug-likeness (QED) is 0.689. The number of methoxy groups -OCH3 is 1. The van der Waals surface area contributed by atoms with Crippen LogP contribution in [0.3, 0.4) is 0 Å². The highest BCUT2D eigenvalue weighted by atomic mass is 35.5. The normalized spacial score (nSPS) is 10.9. The molecular formula is C15H24ClNO3. The maximum atomic E-state index is 8.71. The number of hydrogen-bond donors (Lipinski definition) is 2. The predicted octanol–water partition coefficient (Wildman–Crippen LogP) is 3.00. The number of aliphatic hydroxyl groups excluding tert-OH is 1. The molecule has 0 fully saturated rings.